The number of carbonyl (C=O) groups is 1. The van der Waals surface area contributed by atoms with Crippen molar-refractivity contribution in [1.82, 2.24) is 9.97 Å². The van der Waals surface area contributed by atoms with E-state index < -0.39 is 5.91 Å². The molecular formula is C14H17N5O. The average molecular weight is 271 g/mol. The lowest BCUT2D eigenvalue weighted by Crippen LogP contribution is -2.21. The van der Waals surface area contributed by atoms with Gasteiger partial charge in [0.2, 0.25) is 0 Å². The lowest BCUT2D eigenvalue weighted by Gasteiger charge is -2.18. The second-order valence-electron chi connectivity index (χ2n) is 4.62. The Labute approximate surface area is 117 Å². The molecule has 0 fully saturated rings. The Hall–Kier alpha value is -2.63. The van der Waals surface area contributed by atoms with Gasteiger partial charge >= 0.3 is 0 Å². The number of amides is 1. The molecule has 0 bridgehead atoms. The van der Waals surface area contributed by atoms with Gasteiger partial charge in [0, 0.05) is 12.7 Å². The highest BCUT2D eigenvalue weighted by Crippen LogP contribution is 2.18. The minimum atomic E-state index is -0.562. The Balaban J connectivity index is 2.23. The van der Waals surface area contributed by atoms with Gasteiger partial charge in [-0.3, -0.25) is 9.78 Å². The highest BCUT2D eigenvalue weighted by molar-refractivity contribution is 5.98. The summed E-state index contributed by atoms with van der Waals surface area (Å²) in [6, 6.07) is 7.43. The molecule has 0 aromatic carbocycles. The number of carbonyl (C=O) groups excluding carboxylic acids is 1. The van der Waals surface area contributed by atoms with Crippen molar-refractivity contribution in [2.45, 2.75) is 13.5 Å². The van der Waals surface area contributed by atoms with Gasteiger partial charge < -0.3 is 16.4 Å². The first-order chi connectivity index (χ1) is 9.47. The quantitative estimate of drug-likeness (QED) is 0.867. The molecule has 104 valence electrons. The maximum absolute atomic E-state index is 11.3. The van der Waals surface area contributed by atoms with E-state index in [9.17, 15) is 4.79 Å². The zero-order valence-electron chi connectivity index (χ0n) is 11.5. The summed E-state index contributed by atoms with van der Waals surface area (Å²) in [5, 5.41) is 0. The van der Waals surface area contributed by atoms with Crippen LogP contribution in [0.5, 0.6) is 0 Å². The second-order valence-corrected chi connectivity index (χ2v) is 4.62. The number of nitrogens with two attached hydrogens (primary N) is 2. The van der Waals surface area contributed by atoms with Gasteiger partial charge in [-0.1, -0.05) is 6.07 Å². The molecule has 6 nitrogen and oxygen atoms in total. The largest absolute Gasteiger partial charge is 0.397 e. The number of pyridine rings is 2. The van der Waals surface area contributed by atoms with E-state index in [1.807, 2.05) is 37.1 Å². The SMILES string of the molecule is Cc1cccc(CN(C)c2cc(C(N)=O)c(N)cn2)n1. The van der Waals surface area contributed by atoms with E-state index in [4.69, 9.17) is 11.5 Å². The molecule has 2 aromatic heterocycles. The smallest absolute Gasteiger partial charge is 0.250 e. The number of primary amides is 1. The van der Waals surface area contributed by atoms with E-state index in [2.05, 4.69) is 9.97 Å². The molecule has 0 atom stereocenters. The first-order valence-electron chi connectivity index (χ1n) is 6.16. The van der Waals surface area contributed by atoms with E-state index in [1.54, 1.807) is 6.07 Å². The van der Waals surface area contributed by atoms with Crippen LogP contribution in [-0.2, 0) is 6.54 Å². The fourth-order valence-electron chi connectivity index (χ4n) is 1.89. The molecule has 4 N–H and O–H groups in total. The number of aryl methyl sites for hydroxylation is 1. The van der Waals surface area contributed by atoms with Crippen molar-refractivity contribution >= 4 is 17.4 Å². The Morgan fingerprint density at radius 2 is 2.15 bits per heavy atom. The number of hydrogen-bond donors (Lipinski definition) is 2. The van der Waals surface area contributed by atoms with Gasteiger partial charge in [-0.2, -0.15) is 0 Å². The van der Waals surface area contributed by atoms with Crippen molar-refractivity contribution in [3.63, 3.8) is 0 Å². The number of anilines is 2. The Morgan fingerprint density at radius 3 is 2.80 bits per heavy atom. The lowest BCUT2D eigenvalue weighted by atomic mass is 10.2. The Bertz CT molecular complexity index is 641. The van der Waals surface area contributed by atoms with Crippen LogP contribution in [-0.4, -0.2) is 22.9 Å². The minimum Gasteiger partial charge on any atom is -0.397 e. The van der Waals surface area contributed by atoms with E-state index in [0.717, 1.165) is 11.4 Å². The van der Waals surface area contributed by atoms with Gasteiger partial charge in [0.25, 0.3) is 5.91 Å². The molecular weight excluding hydrogens is 254 g/mol. The molecule has 0 unspecified atom stereocenters. The summed E-state index contributed by atoms with van der Waals surface area (Å²) in [5.41, 5.74) is 13.4. The van der Waals surface area contributed by atoms with Crippen molar-refractivity contribution in [3.05, 3.63) is 47.4 Å². The summed E-state index contributed by atoms with van der Waals surface area (Å²) in [6.07, 6.45) is 1.44. The van der Waals surface area contributed by atoms with Gasteiger partial charge in [0.05, 0.1) is 29.7 Å². The van der Waals surface area contributed by atoms with Gasteiger partial charge in [0.15, 0.2) is 0 Å². The van der Waals surface area contributed by atoms with Crippen LogP contribution in [0.15, 0.2) is 30.5 Å². The van der Waals surface area contributed by atoms with Crippen LogP contribution in [0, 0.1) is 6.92 Å². The molecule has 2 rings (SSSR count). The van der Waals surface area contributed by atoms with Crippen LogP contribution in [0.4, 0.5) is 11.5 Å². The van der Waals surface area contributed by atoms with Gasteiger partial charge in [0.1, 0.15) is 5.82 Å². The van der Waals surface area contributed by atoms with Gasteiger partial charge in [-0.25, -0.2) is 4.98 Å². The van der Waals surface area contributed by atoms with E-state index in [-0.39, 0.29) is 11.3 Å². The maximum Gasteiger partial charge on any atom is 0.250 e. The maximum atomic E-state index is 11.3. The Kier molecular flexibility index (Phi) is 3.84. The van der Waals surface area contributed by atoms with Crippen molar-refractivity contribution in [2.75, 3.05) is 17.7 Å². The van der Waals surface area contributed by atoms with Crippen LogP contribution < -0.4 is 16.4 Å². The predicted molar refractivity (Wildman–Crippen MR) is 78.2 cm³/mol. The first-order valence-corrected chi connectivity index (χ1v) is 6.16. The van der Waals surface area contributed by atoms with E-state index in [1.165, 1.54) is 6.20 Å². The predicted octanol–water partition coefficient (Wildman–Crippen LogP) is 1.10. The average Bonchev–Trinajstić information content (AvgIpc) is 2.38. The summed E-state index contributed by atoms with van der Waals surface area (Å²) in [6.45, 7) is 2.52. The third-order valence-corrected chi connectivity index (χ3v) is 2.92. The molecule has 2 heterocycles. The monoisotopic (exact) mass is 271 g/mol. The topological polar surface area (TPSA) is 98.1 Å². The van der Waals surface area contributed by atoms with Gasteiger partial charge in [-0.05, 0) is 25.1 Å². The van der Waals surface area contributed by atoms with Crippen LogP contribution in [0.1, 0.15) is 21.7 Å². The zero-order valence-corrected chi connectivity index (χ0v) is 11.5. The molecule has 0 aliphatic carbocycles. The molecule has 0 aliphatic heterocycles. The van der Waals surface area contributed by atoms with Crippen LogP contribution in [0.3, 0.4) is 0 Å². The molecule has 0 spiro atoms. The van der Waals surface area contributed by atoms with Crippen LogP contribution in [0.25, 0.3) is 0 Å². The molecule has 20 heavy (non-hydrogen) atoms. The standard InChI is InChI=1S/C14H17N5O/c1-9-4-3-5-10(18-9)8-19(2)13-6-11(14(16)20)12(15)7-17-13/h3-7H,8,15H2,1-2H3,(H2,16,20). The molecule has 2 aromatic rings. The lowest BCUT2D eigenvalue weighted by molar-refractivity contribution is 0.100. The second kappa shape index (κ2) is 5.56. The zero-order chi connectivity index (χ0) is 14.7. The molecule has 6 heteroatoms. The molecule has 0 radical (unpaired) electrons. The first kappa shape index (κ1) is 13.8. The number of aromatic nitrogens is 2. The number of nitrogen functional groups attached to an aromatic ring is 1. The van der Waals surface area contributed by atoms with Crippen LogP contribution in [0.2, 0.25) is 0 Å². The number of rotatable bonds is 4. The van der Waals surface area contributed by atoms with E-state index in [0.29, 0.717) is 12.4 Å². The third kappa shape index (κ3) is 3.03. The molecule has 1 amide bonds. The summed E-state index contributed by atoms with van der Waals surface area (Å²) in [4.78, 5) is 21.8. The van der Waals surface area contributed by atoms with E-state index >= 15 is 0 Å². The fourth-order valence-corrected chi connectivity index (χ4v) is 1.89. The summed E-state index contributed by atoms with van der Waals surface area (Å²) >= 11 is 0. The van der Waals surface area contributed by atoms with Crippen molar-refractivity contribution < 1.29 is 4.79 Å². The fraction of sp³-hybridized carbons (Fsp3) is 0.214. The van der Waals surface area contributed by atoms with Crippen molar-refractivity contribution in [2.24, 2.45) is 5.73 Å². The van der Waals surface area contributed by atoms with Gasteiger partial charge in [-0.15, -0.1) is 0 Å². The molecule has 0 saturated heterocycles. The third-order valence-electron chi connectivity index (χ3n) is 2.92. The van der Waals surface area contributed by atoms with Crippen molar-refractivity contribution in [1.29, 1.82) is 0 Å². The molecule has 0 saturated carbocycles. The highest BCUT2D eigenvalue weighted by atomic mass is 16.1. The normalized spacial score (nSPS) is 10.3. The summed E-state index contributed by atoms with van der Waals surface area (Å²) in [5.74, 6) is 0.0598. The highest BCUT2D eigenvalue weighted by Gasteiger charge is 2.11. The number of nitrogens with zero attached hydrogens (tertiary/aromatic N) is 3. The van der Waals surface area contributed by atoms with Crippen molar-refractivity contribution in [3.8, 4) is 0 Å². The summed E-state index contributed by atoms with van der Waals surface area (Å²) < 4.78 is 0. The minimum absolute atomic E-state index is 0.277. The molecule has 0 aliphatic rings. The number of hydrogen-bond acceptors (Lipinski definition) is 5. The Morgan fingerprint density at radius 1 is 1.40 bits per heavy atom. The summed E-state index contributed by atoms with van der Waals surface area (Å²) in [7, 11) is 1.87. The van der Waals surface area contributed by atoms with Crippen LogP contribution >= 0.6 is 0 Å².